The van der Waals surface area contributed by atoms with Crippen molar-refractivity contribution in [2.75, 3.05) is 13.1 Å². The van der Waals surface area contributed by atoms with E-state index >= 15 is 0 Å². The summed E-state index contributed by atoms with van der Waals surface area (Å²) in [4.78, 5) is 12.3. The van der Waals surface area contributed by atoms with Gasteiger partial charge in [-0.05, 0) is 29.7 Å². The lowest BCUT2D eigenvalue weighted by Crippen LogP contribution is -2.26. The minimum atomic E-state index is 0.710. The highest BCUT2D eigenvalue weighted by atomic mass is 35.5. The number of carbonyl (C=O) groups excluding carboxylic acids is 1. The Morgan fingerprint density at radius 1 is 1.27 bits per heavy atom. The lowest BCUT2D eigenvalue weighted by molar-refractivity contribution is -0.117. The normalized spacial score (nSPS) is 16.1. The maximum atomic E-state index is 10.5. The van der Waals surface area contributed by atoms with Gasteiger partial charge < -0.3 is 4.90 Å². The van der Waals surface area contributed by atoms with Gasteiger partial charge in [0.2, 0.25) is 6.41 Å². The molecular formula is C12H12ClNO. The summed E-state index contributed by atoms with van der Waals surface area (Å²) in [5.74, 6) is 0. The zero-order valence-corrected chi connectivity index (χ0v) is 9.07. The number of halogens is 1. The summed E-state index contributed by atoms with van der Waals surface area (Å²) in [6, 6.07) is 7.82. The zero-order valence-electron chi connectivity index (χ0n) is 8.32. The van der Waals surface area contributed by atoms with E-state index in [2.05, 4.69) is 6.08 Å². The third-order valence-corrected chi connectivity index (χ3v) is 2.86. The Bertz CT molecular complexity index is 383. The van der Waals surface area contributed by atoms with Gasteiger partial charge in [-0.25, -0.2) is 0 Å². The van der Waals surface area contributed by atoms with Gasteiger partial charge in [-0.3, -0.25) is 4.79 Å². The largest absolute Gasteiger partial charge is 0.341 e. The summed E-state index contributed by atoms with van der Waals surface area (Å²) >= 11 is 5.82. The van der Waals surface area contributed by atoms with Crippen LogP contribution in [-0.4, -0.2) is 24.4 Å². The summed E-state index contributed by atoms with van der Waals surface area (Å²) < 4.78 is 0. The summed E-state index contributed by atoms with van der Waals surface area (Å²) in [6.07, 6.45) is 3.91. The number of amides is 1. The number of hydrogen-bond donors (Lipinski definition) is 0. The van der Waals surface area contributed by atoms with Gasteiger partial charge in [-0.2, -0.15) is 0 Å². The summed E-state index contributed by atoms with van der Waals surface area (Å²) in [5, 5.41) is 0.754. The molecule has 3 heteroatoms. The molecule has 2 nitrogen and oxygen atoms in total. The highest BCUT2D eigenvalue weighted by Crippen LogP contribution is 2.23. The Balaban J connectivity index is 2.15. The Hall–Kier alpha value is -1.28. The monoisotopic (exact) mass is 221 g/mol. The van der Waals surface area contributed by atoms with Crippen LogP contribution in [0.15, 0.2) is 30.3 Å². The van der Waals surface area contributed by atoms with Crippen LogP contribution in [0.3, 0.4) is 0 Å². The van der Waals surface area contributed by atoms with E-state index in [1.54, 1.807) is 4.90 Å². The molecule has 0 aromatic heterocycles. The Kier molecular flexibility index (Phi) is 3.07. The molecule has 15 heavy (non-hydrogen) atoms. The second kappa shape index (κ2) is 4.49. The van der Waals surface area contributed by atoms with E-state index in [0.717, 1.165) is 24.4 Å². The fourth-order valence-electron chi connectivity index (χ4n) is 1.71. The first kappa shape index (κ1) is 10.2. The lowest BCUT2D eigenvalue weighted by Gasteiger charge is -2.22. The van der Waals surface area contributed by atoms with E-state index in [1.165, 1.54) is 11.1 Å². The van der Waals surface area contributed by atoms with Gasteiger partial charge >= 0.3 is 0 Å². The average molecular weight is 222 g/mol. The maximum Gasteiger partial charge on any atom is 0.209 e. The van der Waals surface area contributed by atoms with Crippen molar-refractivity contribution >= 4 is 23.6 Å². The fourth-order valence-corrected chi connectivity index (χ4v) is 1.83. The van der Waals surface area contributed by atoms with Crippen LogP contribution >= 0.6 is 11.6 Å². The van der Waals surface area contributed by atoms with Crippen LogP contribution in [0.4, 0.5) is 0 Å². The summed E-state index contributed by atoms with van der Waals surface area (Å²) in [6.45, 7) is 1.51. The first-order chi connectivity index (χ1) is 7.29. The van der Waals surface area contributed by atoms with Gasteiger partial charge in [0.15, 0.2) is 0 Å². The van der Waals surface area contributed by atoms with Crippen LogP contribution < -0.4 is 0 Å². The van der Waals surface area contributed by atoms with Crippen LogP contribution in [0.2, 0.25) is 5.02 Å². The quantitative estimate of drug-likeness (QED) is 0.703. The molecule has 0 fully saturated rings. The van der Waals surface area contributed by atoms with Crippen LogP contribution in [0.1, 0.15) is 12.0 Å². The number of rotatable bonds is 2. The molecule has 0 bridgehead atoms. The second-order valence-corrected chi connectivity index (χ2v) is 4.02. The molecule has 0 N–H and O–H groups in total. The third kappa shape index (κ3) is 2.39. The highest BCUT2D eigenvalue weighted by Gasteiger charge is 2.10. The maximum absolute atomic E-state index is 10.5. The van der Waals surface area contributed by atoms with Crippen LogP contribution in [0.5, 0.6) is 0 Å². The first-order valence-electron chi connectivity index (χ1n) is 4.94. The van der Waals surface area contributed by atoms with Crippen LogP contribution in [0, 0.1) is 0 Å². The second-order valence-electron chi connectivity index (χ2n) is 3.59. The summed E-state index contributed by atoms with van der Waals surface area (Å²) in [5.41, 5.74) is 2.50. The number of hydrogen-bond acceptors (Lipinski definition) is 1. The smallest absolute Gasteiger partial charge is 0.209 e. The molecule has 0 atom stereocenters. The number of carbonyl (C=O) groups is 1. The molecular weight excluding hydrogens is 210 g/mol. The predicted octanol–water partition coefficient (Wildman–Crippen LogP) is 2.59. The fraction of sp³-hybridized carbons (Fsp3) is 0.250. The van der Waals surface area contributed by atoms with Gasteiger partial charge in [0, 0.05) is 18.1 Å². The number of benzene rings is 1. The van der Waals surface area contributed by atoms with Crippen molar-refractivity contribution in [3.63, 3.8) is 0 Å². The molecule has 2 rings (SSSR count). The molecule has 0 saturated carbocycles. The van der Waals surface area contributed by atoms with Crippen molar-refractivity contribution in [2.45, 2.75) is 6.42 Å². The van der Waals surface area contributed by atoms with Crippen LogP contribution in [-0.2, 0) is 4.79 Å². The Morgan fingerprint density at radius 2 is 2.00 bits per heavy atom. The van der Waals surface area contributed by atoms with Crippen molar-refractivity contribution in [2.24, 2.45) is 0 Å². The molecule has 1 aromatic carbocycles. The molecule has 1 aromatic rings. The molecule has 0 saturated heterocycles. The van der Waals surface area contributed by atoms with E-state index in [4.69, 9.17) is 11.6 Å². The van der Waals surface area contributed by atoms with Crippen LogP contribution in [0.25, 0.3) is 5.57 Å². The Morgan fingerprint density at radius 3 is 2.53 bits per heavy atom. The van der Waals surface area contributed by atoms with E-state index in [0.29, 0.717) is 6.54 Å². The van der Waals surface area contributed by atoms with Gasteiger partial charge in [-0.1, -0.05) is 29.8 Å². The molecule has 78 valence electrons. The van der Waals surface area contributed by atoms with Crippen molar-refractivity contribution < 1.29 is 4.79 Å². The molecule has 1 heterocycles. The molecule has 0 radical (unpaired) electrons. The molecule has 1 aliphatic heterocycles. The molecule has 0 aliphatic carbocycles. The predicted molar refractivity (Wildman–Crippen MR) is 61.7 cm³/mol. The topological polar surface area (TPSA) is 20.3 Å². The van der Waals surface area contributed by atoms with Gasteiger partial charge in [-0.15, -0.1) is 0 Å². The van der Waals surface area contributed by atoms with E-state index < -0.39 is 0 Å². The minimum absolute atomic E-state index is 0.710. The summed E-state index contributed by atoms with van der Waals surface area (Å²) in [7, 11) is 0. The van der Waals surface area contributed by atoms with Crippen molar-refractivity contribution in [1.29, 1.82) is 0 Å². The average Bonchev–Trinajstić information content (AvgIpc) is 2.30. The Labute approximate surface area is 94.2 Å². The lowest BCUT2D eigenvalue weighted by atomic mass is 10.00. The van der Waals surface area contributed by atoms with Crippen molar-refractivity contribution in [1.82, 2.24) is 4.90 Å². The zero-order chi connectivity index (χ0) is 10.7. The highest BCUT2D eigenvalue weighted by molar-refractivity contribution is 6.30. The van der Waals surface area contributed by atoms with Crippen molar-refractivity contribution in [3.05, 3.63) is 40.9 Å². The standard InChI is InChI=1S/C12H12ClNO/c13-12-3-1-10(2-4-12)11-5-7-14(9-15)8-6-11/h1-5,9H,6-8H2. The van der Waals surface area contributed by atoms with Crippen molar-refractivity contribution in [3.8, 4) is 0 Å². The molecule has 0 unspecified atom stereocenters. The third-order valence-electron chi connectivity index (χ3n) is 2.60. The van der Waals surface area contributed by atoms with Gasteiger partial charge in [0.25, 0.3) is 0 Å². The first-order valence-corrected chi connectivity index (χ1v) is 5.32. The van der Waals surface area contributed by atoms with E-state index in [9.17, 15) is 4.79 Å². The molecule has 1 aliphatic rings. The van der Waals surface area contributed by atoms with E-state index in [1.807, 2.05) is 24.3 Å². The van der Waals surface area contributed by atoms with E-state index in [-0.39, 0.29) is 0 Å². The van der Waals surface area contributed by atoms with Gasteiger partial charge in [0.1, 0.15) is 0 Å². The molecule has 1 amide bonds. The SMILES string of the molecule is O=CN1CC=C(c2ccc(Cl)cc2)CC1. The minimum Gasteiger partial charge on any atom is -0.341 e. The number of nitrogens with zero attached hydrogens (tertiary/aromatic N) is 1. The molecule has 0 spiro atoms. The van der Waals surface area contributed by atoms with Gasteiger partial charge in [0.05, 0.1) is 0 Å².